The molecule has 0 spiro atoms. The fourth-order valence-corrected chi connectivity index (χ4v) is 2.70. The molecule has 0 saturated heterocycles. The minimum atomic E-state index is -0.241. The van der Waals surface area contributed by atoms with E-state index in [-0.39, 0.29) is 23.7 Å². The number of anilines is 1. The van der Waals surface area contributed by atoms with E-state index in [0.717, 1.165) is 19.4 Å². The van der Waals surface area contributed by atoms with E-state index in [1.165, 1.54) is 0 Å². The Morgan fingerprint density at radius 2 is 1.92 bits per heavy atom. The van der Waals surface area contributed by atoms with Gasteiger partial charge in [0.15, 0.2) is 11.5 Å². The molecule has 2 unspecified atom stereocenters. The van der Waals surface area contributed by atoms with Crippen molar-refractivity contribution < 1.29 is 19.1 Å². The van der Waals surface area contributed by atoms with E-state index >= 15 is 0 Å². The van der Waals surface area contributed by atoms with Gasteiger partial charge in [-0.3, -0.25) is 9.59 Å². The molecule has 132 valence electrons. The molecule has 0 heterocycles. The lowest BCUT2D eigenvalue weighted by atomic mass is 10.2. The SMILES string of the molecule is CCCCN(C)C(=O)C1CC1C(=O)Nc1ccc(OC)c(OC)c1. The van der Waals surface area contributed by atoms with Crippen molar-refractivity contribution in [2.45, 2.75) is 26.2 Å². The number of carbonyl (C=O) groups is 2. The first-order valence-electron chi connectivity index (χ1n) is 8.29. The number of amides is 2. The predicted molar refractivity (Wildman–Crippen MR) is 92.3 cm³/mol. The second-order valence-electron chi connectivity index (χ2n) is 6.12. The maximum Gasteiger partial charge on any atom is 0.228 e. The molecule has 1 saturated carbocycles. The number of methoxy groups -OCH3 is 2. The highest BCUT2D eigenvalue weighted by atomic mass is 16.5. The smallest absolute Gasteiger partial charge is 0.228 e. The summed E-state index contributed by atoms with van der Waals surface area (Å²) in [5.74, 6) is 0.674. The zero-order valence-electron chi connectivity index (χ0n) is 14.8. The third-order valence-corrected chi connectivity index (χ3v) is 4.32. The maximum absolute atomic E-state index is 12.3. The lowest BCUT2D eigenvalue weighted by Crippen LogP contribution is -2.30. The van der Waals surface area contributed by atoms with E-state index in [4.69, 9.17) is 9.47 Å². The van der Waals surface area contributed by atoms with Crippen LogP contribution in [0.15, 0.2) is 18.2 Å². The molecule has 1 aliphatic rings. The van der Waals surface area contributed by atoms with Crippen molar-refractivity contribution in [3.63, 3.8) is 0 Å². The minimum absolute atomic E-state index is 0.0657. The lowest BCUT2D eigenvalue weighted by molar-refractivity contribution is -0.132. The fraction of sp³-hybridized carbons (Fsp3) is 0.556. The van der Waals surface area contributed by atoms with Gasteiger partial charge in [-0.05, 0) is 25.0 Å². The Balaban J connectivity index is 1.91. The van der Waals surface area contributed by atoms with Crippen molar-refractivity contribution in [3.8, 4) is 11.5 Å². The van der Waals surface area contributed by atoms with Crippen molar-refractivity contribution >= 4 is 17.5 Å². The van der Waals surface area contributed by atoms with Crippen molar-refractivity contribution in [2.75, 3.05) is 33.1 Å². The van der Waals surface area contributed by atoms with E-state index in [0.29, 0.717) is 23.6 Å². The highest BCUT2D eigenvalue weighted by Gasteiger charge is 2.48. The van der Waals surface area contributed by atoms with Crippen molar-refractivity contribution in [1.82, 2.24) is 4.90 Å². The molecule has 1 aromatic rings. The van der Waals surface area contributed by atoms with Crippen LogP contribution in [-0.4, -0.2) is 44.5 Å². The van der Waals surface area contributed by atoms with Gasteiger partial charge < -0.3 is 19.7 Å². The zero-order chi connectivity index (χ0) is 17.7. The summed E-state index contributed by atoms with van der Waals surface area (Å²) < 4.78 is 10.4. The van der Waals surface area contributed by atoms with Crippen LogP contribution >= 0.6 is 0 Å². The third kappa shape index (κ3) is 4.19. The molecule has 24 heavy (non-hydrogen) atoms. The second-order valence-corrected chi connectivity index (χ2v) is 6.12. The summed E-state index contributed by atoms with van der Waals surface area (Å²) in [6.45, 7) is 2.84. The Morgan fingerprint density at radius 3 is 2.54 bits per heavy atom. The third-order valence-electron chi connectivity index (χ3n) is 4.32. The normalized spacial score (nSPS) is 18.7. The Labute approximate surface area is 143 Å². The number of rotatable bonds is 8. The first-order valence-corrected chi connectivity index (χ1v) is 8.29. The van der Waals surface area contributed by atoms with Gasteiger partial charge >= 0.3 is 0 Å². The Bertz CT molecular complexity index is 603. The topological polar surface area (TPSA) is 67.9 Å². The van der Waals surface area contributed by atoms with E-state index in [1.54, 1.807) is 44.4 Å². The van der Waals surface area contributed by atoms with Crippen LogP contribution in [0.3, 0.4) is 0 Å². The standard InChI is InChI=1S/C18H26N2O4/c1-5-6-9-20(2)18(22)14-11-13(14)17(21)19-12-7-8-15(23-3)16(10-12)24-4/h7-8,10,13-14H,5-6,9,11H2,1-4H3,(H,19,21). The van der Waals surface area contributed by atoms with Gasteiger partial charge in [0, 0.05) is 25.3 Å². The van der Waals surface area contributed by atoms with E-state index in [2.05, 4.69) is 12.2 Å². The average Bonchev–Trinajstić information content (AvgIpc) is 3.39. The van der Waals surface area contributed by atoms with Crippen LogP contribution in [0.2, 0.25) is 0 Å². The largest absolute Gasteiger partial charge is 0.493 e. The van der Waals surface area contributed by atoms with Gasteiger partial charge in [0.05, 0.1) is 26.1 Å². The van der Waals surface area contributed by atoms with E-state index < -0.39 is 0 Å². The number of nitrogens with zero attached hydrogens (tertiary/aromatic N) is 1. The molecule has 2 amide bonds. The molecule has 1 aromatic carbocycles. The Kier molecular flexibility index (Phi) is 6.06. The number of carbonyl (C=O) groups excluding carboxylic acids is 2. The van der Waals surface area contributed by atoms with Crippen LogP contribution in [0.25, 0.3) is 0 Å². The molecule has 6 nitrogen and oxygen atoms in total. The molecule has 1 aliphatic carbocycles. The van der Waals surface area contributed by atoms with Crippen LogP contribution < -0.4 is 14.8 Å². The Hall–Kier alpha value is -2.24. The number of benzene rings is 1. The van der Waals surface area contributed by atoms with Crippen molar-refractivity contribution in [3.05, 3.63) is 18.2 Å². The minimum Gasteiger partial charge on any atom is -0.493 e. The summed E-state index contributed by atoms with van der Waals surface area (Å²) in [6, 6.07) is 5.21. The summed E-state index contributed by atoms with van der Waals surface area (Å²) >= 11 is 0. The number of unbranched alkanes of at least 4 members (excludes halogenated alkanes) is 1. The van der Waals surface area contributed by atoms with Gasteiger partial charge in [-0.1, -0.05) is 13.3 Å². The van der Waals surface area contributed by atoms with Gasteiger partial charge in [0.1, 0.15) is 0 Å². The molecular weight excluding hydrogens is 308 g/mol. The zero-order valence-corrected chi connectivity index (χ0v) is 14.8. The van der Waals surface area contributed by atoms with Crippen molar-refractivity contribution in [2.24, 2.45) is 11.8 Å². The molecule has 1 fully saturated rings. The van der Waals surface area contributed by atoms with Gasteiger partial charge in [-0.15, -0.1) is 0 Å². The predicted octanol–water partition coefficient (Wildman–Crippen LogP) is 2.54. The van der Waals surface area contributed by atoms with E-state index in [9.17, 15) is 9.59 Å². The van der Waals surface area contributed by atoms with Gasteiger partial charge in [0.25, 0.3) is 0 Å². The number of nitrogens with one attached hydrogen (secondary N) is 1. The molecule has 0 aromatic heterocycles. The summed E-state index contributed by atoms with van der Waals surface area (Å²) in [5.41, 5.74) is 0.634. The summed E-state index contributed by atoms with van der Waals surface area (Å²) in [7, 11) is 4.91. The first-order chi connectivity index (χ1) is 11.5. The van der Waals surface area contributed by atoms with Crippen LogP contribution in [0.5, 0.6) is 11.5 Å². The van der Waals surface area contributed by atoms with Crippen LogP contribution in [0.4, 0.5) is 5.69 Å². The Morgan fingerprint density at radius 1 is 1.21 bits per heavy atom. The lowest BCUT2D eigenvalue weighted by Gasteiger charge is -2.16. The molecular formula is C18H26N2O4. The first kappa shape index (κ1) is 18.1. The molecule has 0 bridgehead atoms. The molecule has 2 rings (SSSR count). The monoisotopic (exact) mass is 334 g/mol. The fourth-order valence-electron chi connectivity index (χ4n) is 2.70. The van der Waals surface area contributed by atoms with Gasteiger partial charge in [-0.2, -0.15) is 0 Å². The molecule has 2 atom stereocenters. The molecule has 1 N–H and O–H groups in total. The van der Waals surface area contributed by atoms with Gasteiger partial charge in [-0.25, -0.2) is 0 Å². The molecule has 0 aliphatic heterocycles. The quantitative estimate of drug-likeness (QED) is 0.793. The van der Waals surface area contributed by atoms with Crippen LogP contribution in [0.1, 0.15) is 26.2 Å². The van der Waals surface area contributed by atoms with Crippen molar-refractivity contribution in [1.29, 1.82) is 0 Å². The summed E-state index contributed by atoms with van der Waals surface area (Å²) in [4.78, 5) is 26.3. The molecule has 6 heteroatoms. The second kappa shape index (κ2) is 8.04. The van der Waals surface area contributed by atoms with Crippen LogP contribution in [0, 0.1) is 11.8 Å². The number of hydrogen-bond acceptors (Lipinski definition) is 4. The maximum atomic E-state index is 12.3. The highest BCUT2D eigenvalue weighted by Crippen LogP contribution is 2.41. The molecule has 0 radical (unpaired) electrons. The average molecular weight is 334 g/mol. The number of ether oxygens (including phenoxy) is 2. The summed E-state index contributed by atoms with van der Waals surface area (Å²) in [5, 5.41) is 2.85. The van der Waals surface area contributed by atoms with E-state index in [1.807, 2.05) is 0 Å². The van der Waals surface area contributed by atoms with Crippen LogP contribution in [-0.2, 0) is 9.59 Å². The number of hydrogen-bond donors (Lipinski definition) is 1. The summed E-state index contributed by atoms with van der Waals surface area (Å²) in [6.07, 6.45) is 2.65. The highest BCUT2D eigenvalue weighted by molar-refractivity contribution is 5.99. The van der Waals surface area contributed by atoms with Gasteiger partial charge in [0.2, 0.25) is 11.8 Å².